The van der Waals surface area contributed by atoms with Gasteiger partial charge in [-0.1, -0.05) is 252 Å². The van der Waals surface area contributed by atoms with Crippen LogP contribution in [-0.4, -0.2) is 64.5 Å². The molecule has 4 N–H and O–H groups in total. The van der Waals surface area contributed by atoms with Crippen LogP contribution in [0.15, 0.2) is 141 Å². The van der Waals surface area contributed by atoms with E-state index in [-0.39, 0.29) is 5.41 Å². The number of ether oxygens (including phenoxy) is 1. The molecule has 118 heavy (non-hydrogen) atoms. The van der Waals surface area contributed by atoms with Crippen LogP contribution in [0, 0.1) is 35.0 Å². The second kappa shape index (κ2) is 60.8. The number of nitrogens with zero attached hydrogens (tertiary/aromatic N) is 4. The summed E-state index contributed by atoms with van der Waals surface area (Å²) in [6.45, 7) is 23.2. The van der Waals surface area contributed by atoms with Crippen molar-refractivity contribution in [2.24, 2.45) is 55.0 Å². The van der Waals surface area contributed by atoms with Crippen molar-refractivity contribution in [3.05, 3.63) is 171 Å². The summed E-state index contributed by atoms with van der Waals surface area (Å²) in [5.41, 5.74) is 11.5. The molecule has 6 fully saturated rings. The Labute approximate surface area is 780 Å². The fourth-order valence-corrected chi connectivity index (χ4v) is 17.9. The molecule has 0 aromatic heterocycles. The normalized spacial score (nSPS) is 22.9. The number of aliphatic imine (C=N–C) groups is 4. The zero-order valence-corrected chi connectivity index (χ0v) is 84.8. The first kappa shape index (κ1) is 107. The van der Waals surface area contributed by atoms with Gasteiger partial charge in [-0.3, -0.25) is 20.0 Å². The van der Waals surface area contributed by atoms with Crippen molar-refractivity contribution in [2.45, 2.75) is 322 Å². The molecule has 0 aliphatic heterocycles. The van der Waals surface area contributed by atoms with E-state index in [0.29, 0.717) is 64.2 Å². The van der Waals surface area contributed by atoms with Crippen molar-refractivity contribution < 1.29 is 93.3 Å². The van der Waals surface area contributed by atoms with Gasteiger partial charge in [0.25, 0.3) is 0 Å². The maximum atomic E-state index is 10.9. The molecule has 21 heteroatoms. The molecule has 0 radical (unpaired) electrons. The van der Waals surface area contributed by atoms with Gasteiger partial charge in [0.2, 0.25) is 0 Å². The molecule has 9 nitrogen and oxygen atoms in total. The van der Waals surface area contributed by atoms with Gasteiger partial charge in [0.1, 0.15) is 28.7 Å². The number of methoxy groups -OCH3 is 1. The minimum atomic E-state index is -0.556. The van der Waals surface area contributed by atoms with Gasteiger partial charge in [-0.15, -0.1) is 0 Å². The minimum absolute atomic E-state index is 0.143. The molecule has 6 aromatic rings. The summed E-state index contributed by atoms with van der Waals surface area (Å²) >= 11 is -2.22. The van der Waals surface area contributed by atoms with Crippen LogP contribution in [0.1, 0.15) is 355 Å². The molecule has 0 atom stereocenters. The third-order valence-corrected chi connectivity index (χ3v) is 25.0. The van der Waals surface area contributed by atoms with Crippen LogP contribution < -0.4 is 4.74 Å². The molecule has 6 aliphatic carbocycles. The van der Waals surface area contributed by atoms with Crippen molar-refractivity contribution in [1.82, 2.24) is 0 Å². The third-order valence-electron chi connectivity index (χ3n) is 25.0. The van der Waals surface area contributed by atoms with E-state index in [1.807, 2.05) is 79.2 Å². The van der Waals surface area contributed by atoms with E-state index in [1.54, 1.807) is 19.5 Å². The summed E-state index contributed by atoms with van der Waals surface area (Å²) in [7, 11) is 40.8. The van der Waals surface area contributed by atoms with Gasteiger partial charge < -0.3 is 25.2 Å². The van der Waals surface area contributed by atoms with Gasteiger partial charge >= 0.3 is 143 Å². The Bertz CT molecular complexity index is 3780. The predicted molar refractivity (Wildman–Crippen MR) is 498 cm³/mol. The van der Waals surface area contributed by atoms with E-state index in [4.69, 9.17) is 89.2 Å². The monoisotopic (exact) mass is 1910 g/mol. The molecule has 6 aromatic carbocycles. The van der Waals surface area contributed by atoms with Crippen LogP contribution >= 0.6 is 74.4 Å². The molecule has 0 spiro atoms. The Kier molecular flexibility index (Phi) is 55.0. The Morgan fingerprint density at radius 1 is 0.322 bits per heavy atom. The average molecular weight is 1920 g/mol. The van der Waals surface area contributed by atoms with Gasteiger partial charge in [0, 0.05) is 59.2 Å². The first-order chi connectivity index (χ1) is 56.7. The number of para-hydroxylation sites is 4. The van der Waals surface area contributed by atoms with Crippen LogP contribution in [-0.2, 0) is 73.5 Å². The fourth-order valence-electron chi connectivity index (χ4n) is 17.9. The number of aromatic hydroxyl groups is 4. The van der Waals surface area contributed by atoms with Gasteiger partial charge in [0.05, 0.1) is 18.5 Å². The number of benzene rings is 6. The summed E-state index contributed by atoms with van der Waals surface area (Å²) in [5.74, 6) is 8.75. The van der Waals surface area contributed by atoms with E-state index in [0.717, 1.165) is 104 Å². The van der Waals surface area contributed by atoms with Gasteiger partial charge in [0.15, 0.2) is 0 Å². The van der Waals surface area contributed by atoms with Crippen molar-refractivity contribution in [3.63, 3.8) is 0 Å². The van der Waals surface area contributed by atoms with Crippen LogP contribution in [0.25, 0.3) is 0 Å². The number of rotatable bonds is 13. The molecule has 12 rings (SSSR count). The van der Waals surface area contributed by atoms with E-state index in [1.165, 1.54) is 205 Å². The number of phenolic OH excluding ortho intramolecular Hbond substituents is 4. The molecule has 0 amide bonds. The summed E-state index contributed by atoms with van der Waals surface area (Å²) < 4.78 is 5.17. The predicted octanol–water partition coefficient (Wildman–Crippen LogP) is 33.0. The van der Waals surface area contributed by atoms with Gasteiger partial charge in [-0.2, -0.15) is 0 Å². The first-order valence-corrected chi connectivity index (χ1v) is 61.0. The molecule has 0 unspecified atom stereocenters. The molecular weight excluding hydrogens is 1780 g/mol. The quantitative estimate of drug-likeness (QED) is 0.0674. The number of phenols is 4. The number of halogens is 8. The maximum absolute atomic E-state index is 10.9. The molecular formula is C97H138Cl8N4O5Ti4. The fraction of sp³-hybridized carbons (Fsp3) is 0.588. The zero-order chi connectivity index (χ0) is 86.3. The average Bonchev–Trinajstić information content (AvgIpc) is 0.813. The topological polar surface area (TPSA) is 140 Å². The van der Waals surface area contributed by atoms with Crippen LogP contribution in [0.2, 0.25) is 0 Å². The standard InChI is InChI=1S/C26H41NO.C26H35NO.C23H29NO2.C22H33NO.8ClH.4Ti/c2*1-19-8-5-10-20(11-6-9-19)24-13-7-12-21(25(24)28)18-27-23-16-14-22(15-17-23)26(2,3)4;1-17-6-3-8-18(9-4-7-17)22-11-5-10-19(23(22)25)16-24-20-12-14-21(26-2)15-13-20;1-17-8-5-10-18(11-6-9-17)21-15-7-12-19(22(21)24)16-23-20-13-3-2-4-14-20;;;;;;;;;;;;/h7,12-13,18-20,22-23,28H,5-6,8-11,14-17H2,1-4H3;7,12-20,28H,5-6,8-11H2,1-4H3;5,10-18,25H,3-4,6-9H2,1-2H3;7,12,15-18,20,24H,2-6,8-11,13-14H2,1H3;8*1H;;;;/q;;;;;;;;;;;;4*+2/p-8. The number of hydrogen-bond acceptors (Lipinski definition) is 9. The molecule has 6 saturated carbocycles. The van der Waals surface area contributed by atoms with E-state index < -0.39 is 68.1 Å². The van der Waals surface area contributed by atoms with Crippen molar-refractivity contribution in [2.75, 3.05) is 7.11 Å². The molecule has 0 saturated heterocycles. The van der Waals surface area contributed by atoms with Gasteiger partial charge in [-0.25, -0.2) is 0 Å². The van der Waals surface area contributed by atoms with E-state index in [9.17, 15) is 20.4 Å². The molecule has 648 valence electrons. The third kappa shape index (κ3) is 40.4. The second-order valence-electron chi connectivity index (χ2n) is 35.8. The summed E-state index contributed by atoms with van der Waals surface area (Å²) in [6, 6.07) is 41.5. The summed E-state index contributed by atoms with van der Waals surface area (Å²) in [4.78, 5) is 18.7. The Hall–Kier alpha value is -1.82. The van der Waals surface area contributed by atoms with Gasteiger partial charge in [-0.05, 0) is 242 Å². The second-order valence-corrected chi connectivity index (χ2v) is 46.1. The first-order valence-electron chi connectivity index (χ1n) is 43.8. The zero-order valence-electron chi connectivity index (χ0n) is 72.6. The van der Waals surface area contributed by atoms with Crippen LogP contribution in [0.4, 0.5) is 11.4 Å². The Morgan fingerprint density at radius 2 is 0.585 bits per heavy atom. The van der Waals surface area contributed by atoms with E-state index >= 15 is 0 Å². The summed E-state index contributed by atoms with van der Waals surface area (Å²) in [6.07, 6.45) is 48.9. The Balaban J connectivity index is 0.000000268. The van der Waals surface area contributed by atoms with Crippen molar-refractivity contribution >= 4 is 111 Å². The number of hydrogen-bond donors (Lipinski definition) is 4. The molecule has 6 aliphatic rings. The molecule has 0 bridgehead atoms. The van der Waals surface area contributed by atoms with Crippen LogP contribution in [0.5, 0.6) is 28.7 Å². The summed E-state index contributed by atoms with van der Waals surface area (Å²) in [5, 5.41) is 43.4. The van der Waals surface area contributed by atoms with Crippen LogP contribution in [0.3, 0.4) is 0 Å². The SMILES string of the molecule is CC1CCCC(c2cccc(C=NC3CCC(C(C)(C)C)CC3)c2O)CCC1.CC1CCCC(c2cccc(C=NC3CCCCC3)c2O)CCC1.CC1CCCC(c2cccc(C=Nc3ccc(C(C)(C)C)cc3)c2O)CCC1.COc1ccc(N=Cc2cccc(C3CCCC(C)CCC3)c2O)cc1.[Cl][Ti][Cl].[Cl][Ti][Cl].[Cl][Ti][Cl].[Cl][Ti][Cl]. The van der Waals surface area contributed by atoms with E-state index in [2.05, 4.69) is 134 Å². The van der Waals surface area contributed by atoms with Crippen molar-refractivity contribution in [3.8, 4) is 28.7 Å². The van der Waals surface area contributed by atoms with Crippen molar-refractivity contribution in [1.29, 1.82) is 0 Å². The Morgan fingerprint density at radius 3 is 0.847 bits per heavy atom. The molecule has 0 heterocycles.